The van der Waals surface area contributed by atoms with Gasteiger partial charge in [0.15, 0.2) is 10.9 Å². The van der Waals surface area contributed by atoms with E-state index < -0.39 is 0 Å². The highest BCUT2D eigenvalue weighted by Gasteiger charge is 2.11. The molecule has 26 heavy (non-hydrogen) atoms. The fourth-order valence-corrected chi connectivity index (χ4v) is 3.73. The van der Waals surface area contributed by atoms with E-state index in [4.69, 9.17) is 23.2 Å². The van der Waals surface area contributed by atoms with Gasteiger partial charge in [-0.2, -0.15) is 0 Å². The quantitative estimate of drug-likeness (QED) is 0.372. The number of fused-ring (bicyclic) bond motifs is 4. The Balaban J connectivity index is 2.00. The van der Waals surface area contributed by atoms with Gasteiger partial charge < -0.3 is 9.97 Å². The number of aromatic nitrogens is 2. The van der Waals surface area contributed by atoms with Gasteiger partial charge in [-0.3, -0.25) is 9.59 Å². The van der Waals surface area contributed by atoms with Crippen LogP contribution in [0.1, 0.15) is 0 Å². The maximum Gasteiger partial charge on any atom is 0.197 e. The molecule has 3 aromatic carbocycles. The van der Waals surface area contributed by atoms with Crippen molar-refractivity contribution in [2.24, 2.45) is 0 Å². The van der Waals surface area contributed by atoms with Crippen LogP contribution in [0.15, 0.2) is 58.1 Å². The molecular weight excluding hydrogens is 371 g/mol. The van der Waals surface area contributed by atoms with E-state index >= 15 is 0 Å². The van der Waals surface area contributed by atoms with Gasteiger partial charge in [0.2, 0.25) is 0 Å². The molecule has 0 atom stereocenters. The van der Waals surface area contributed by atoms with Crippen molar-refractivity contribution in [3.63, 3.8) is 0 Å². The highest BCUT2D eigenvalue weighted by Crippen LogP contribution is 2.23. The van der Waals surface area contributed by atoms with Gasteiger partial charge in [0.1, 0.15) is 0 Å². The second-order valence-corrected chi connectivity index (χ2v) is 7.10. The average Bonchev–Trinajstić information content (AvgIpc) is 2.63. The highest BCUT2D eigenvalue weighted by atomic mass is 35.5. The van der Waals surface area contributed by atoms with E-state index in [0.717, 1.165) is 0 Å². The van der Waals surface area contributed by atoms with Gasteiger partial charge in [-0.25, -0.2) is 0 Å². The lowest BCUT2D eigenvalue weighted by molar-refractivity contribution is 1.46. The van der Waals surface area contributed by atoms with Crippen molar-refractivity contribution < 1.29 is 0 Å². The van der Waals surface area contributed by atoms with Gasteiger partial charge in [-0.1, -0.05) is 23.2 Å². The minimum absolute atomic E-state index is 0.129. The summed E-state index contributed by atoms with van der Waals surface area (Å²) in [6.45, 7) is 0. The lowest BCUT2D eigenvalue weighted by atomic mass is 10.1. The van der Waals surface area contributed by atoms with Gasteiger partial charge in [-0.05, 0) is 48.5 Å². The van der Waals surface area contributed by atoms with Gasteiger partial charge in [0.25, 0.3) is 0 Å². The van der Waals surface area contributed by atoms with Crippen molar-refractivity contribution in [3.8, 4) is 0 Å². The molecule has 0 unspecified atom stereocenters. The zero-order chi connectivity index (χ0) is 18.0. The van der Waals surface area contributed by atoms with Crippen LogP contribution in [0.3, 0.4) is 0 Å². The molecule has 5 aromatic rings. The first-order valence-corrected chi connectivity index (χ1v) is 8.67. The van der Waals surface area contributed by atoms with Crippen molar-refractivity contribution in [1.82, 2.24) is 9.97 Å². The summed E-state index contributed by atoms with van der Waals surface area (Å²) in [6, 6.07) is 13.7. The lowest BCUT2D eigenvalue weighted by Crippen LogP contribution is -2.08. The Labute approximate surface area is 156 Å². The van der Waals surface area contributed by atoms with Crippen LogP contribution >= 0.6 is 23.2 Å². The Bertz CT molecular complexity index is 1380. The van der Waals surface area contributed by atoms with Crippen molar-refractivity contribution >= 4 is 66.8 Å². The molecule has 0 saturated heterocycles. The summed E-state index contributed by atoms with van der Waals surface area (Å²) in [6.07, 6.45) is 0. The van der Waals surface area contributed by atoms with Crippen LogP contribution in [0.5, 0.6) is 0 Å². The summed E-state index contributed by atoms with van der Waals surface area (Å²) in [4.78, 5) is 32.2. The number of hydrogen-bond acceptors (Lipinski definition) is 2. The van der Waals surface area contributed by atoms with Crippen LogP contribution in [0.4, 0.5) is 0 Å². The van der Waals surface area contributed by atoms with Crippen LogP contribution in [-0.4, -0.2) is 9.97 Å². The van der Waals surface area contributed by atoms with Crippen molar-refractivity contribution in [2.75, 3.05) is 0 Å². The van der Waals surface area contributed by atoms with Crippen LogP contribution < -0.4 is 10.9 Å². The maximum atomic E-state index is 12.9. The zero-order valence-electron chi connectivity index (χ0n) is 13.2. The Morgan fingerprint density at radius 3 is 1.35 bits per heavy atom. The van der Waals surface area contributed by atoms with Crippen LogP contribution in [-0.2, 0) is 0 Å². The largest absolute Gasteiger partial charge is 0.354 e. The molecule has 5 rings (SSSR count). The SMILES string of the molecule is O=c1c2cc(Cl)ccc2[nH]c2cc3c(=O)c4cc(Cl)ccc4[nH]c3cc12. The summed E-state index contributed by atoms with van der Waals surface area (Å²) in [5.41, 5.74) is 2.29. The minimum atomic E-state index is -0.129. The van der Waals surface area contributed by atoms with Gasteiger partial charge in [0.05, 0.1) is 11.0 Å². The maximum absolute atomic E-state index is 12.9. The number of nitrogens with one attached hydrogen (secondary N) is 2. The van der Waals surface area contributed by atoms with E-state index in [1.54, 1.807) is 48.5 Å². The van der Waals surface area contributed by atoms with E-state index in [1.165, 1.54) is 0 Å². The third-order valence-electron chi connectivity index (χ3n) is 4.64. The topological polar surface area (TPSA) is 65.7 Å². The summed E-state index contributed by atoms with van der Waals surface area (Å²) in [5.74, 6) is 0. The minimum Gasteiger partial charge on any atom is -0.354 e. The monoisotopic (exact) mass is 380 g/mol. The summed E-state index contributed by atoms with van der Waals surface area (Å²) in [5, 5.41) is 3.02. The lowest BCUT2D eigenvalue weighted by Gasteiger charge is -2.07. The van der Waals surface area contributed by atoms with Crippen molar-refractivity contribution in [3.05, 3.63) is 79.0 Å². The van der Waals surface area contributed by atoms with Crippen LogP contribution in [0.25, 0.3) is 43.6 Å². The third-order valence-corrected chi connectivity index (χ3v) is 5.11. The van der Waals surface area contributed by atoms with Gasteiger partial charge in [0, 0.05) is 42.6 Å². The molecule has 0 amide bonds. The molecule has 0 saturated carbocycles. The first kappa shape index (κ1) is 15.4. The van der Waals surface area contributed by atoms with E-state index in [2.05, 4.69) is 9.97 Å². The molecule has 0 bridgehead atoms. The van der Waals surface area contributed by atoms with E-state index in [0.29, 0.717) is 53.7 Å². The Morgan fingerprint density at radius 1 is 0.538 bits per heavy atom. The fraction of sp³-hybridized carbons (Fsp3) is 0. The van der Waals surface area contributed by atoms with Crippen LogP contribution in [0, 0.1) is 0 Å². The molecular formula is C20H10Cl2N2O2. The van der Waals surface area contributed by atoms with E-state index in [1.807, 2.05) is 0 Å². The molecule has 2 aromatic heterocycles. The second kappa shape index (κ2) is 5.34. The Morgan fingerprint density at radius 2 is 0.923 bits per heavy atom. The zero-order valence-corrected chi connectivity index (χ0v) is 14.7. The number of pyridine rings is 2. The predicted molar refractivity (Wildman–Crippen MR) is 108 cm³/mol. The molecule has 2 heterocycles. The second-order valence-electron chi connectivity index (χ2n) is 6.23. The molecule has 0 spiro atoms. The van der Waals surface area contributed by atoms with Crippen molar-refractivity contribution in [1.29, 1.82) is 0 Å². The Kier molecular flexibility index (Phi) is 3.17. The molecule has 0 aliphatic heterocycles. The van der Waals surface area contributed by atoms with Crippen molar-refractivity contribution in [2.45, 2.75) is 0 Å². The van der Waals surface area contributed by atoms with E-state index in [9.17, 15) is 9.59 Å². The van der Waals surface area contributed by atoms with Crippen LogP contribution in [0.2, 0.25) is 10.0 Å². The molecule has 2 N–H and O–H groups in total. The Hall–Kier alpha value is -2.82. The summed E-state index contributed by atoms with van der Waals surface area (Å²) < 4.78 is 0. The summed E-state index contributed by atoms with van der Waals surface area (Å²) in [7, 11) is 0. The number of benzene rings is 3. The van der Waals surface area contributed by atoms with Gasteiger partial charge >= 0.3 is 0 Å². The predicted octanol–water partition coefficient (Wildman–Crippen LogP) is 4.98. The first-order valence-electron chi connectivity index (χ1n) is 7.92. The smallest absolute Gasteiger partial charge is 0.197 e. The number of rotatable bonds is 0. The first-order chi connectivity index (χ1) is 12.5. The molecule has 0 fully saturated rings. The number of hydrogen-bond donors (Lipinski definition) is 2. The number of halogens is 2. The molecule has 0 radical (unpaired) electrons. The normalized spacial score (nSPS) is 11.8. The molecule has 6 heteroatoms. The molecule has 126 valence electrons. The number of H-pyrrole nitrogens is 2. The molecule has 0 aliphatic carbocycles. The average molecular weight is 381 g/mol. The third kappa shape index (κ3) is 2.16. The fourth-order valence-electron chi connectivity index (χ4n) is 3.39. The number of aromatic amines is 2. The molecule has 4 nitrogen and oxygen atoms in total. The molecule has 0 aliphatic rings. The highest BCUT2D eigenvalue weighted by molar-refractivity contribution is 6.31. The van der Waals surface area contributed by atoms with Gasteiger partial charge in [-0.15, -0.1) is 0 Å². The standard InChI is InChI=1S/C20H10Cl2N2O2/c21-9-1-3-15-11(5-9)19(25)13-8-18-14(7-17(13)23-15)20(26)12-6-10(22)2-4-16(12)24-18/h1-8H,(H,23,25)(H,24,26). The van der Waals surface area contributed by atoms with E-state index in [-0.39, 0.29) is 10.9 Å². The summed E-state index contributed by atoms with van der Waals surface area (Å²) >= 11 is 12.0.